The number of aromatic carboxylic acids is 1. The van der Waals surface area contributed by atoms with Gasteiger partial charge in [-0.2, -0.15) is 5.10 Å². The molecule has 12 nitrogen and oxygen atoms in total. The predicted molar refractivity (Wildman–Crippen MR) is 91.6 cm³/mol. The summed E-state index contributed by atoms with van der Waals surface area (Å²) >= 11 is 0. The molecular formula is C17H15N4O8-. The van der Waals surface area contributed by atoms with Crippen LogP contribution < -0.4 is 5.11 Å². The van der Waals surface area contributed by atoms with Crippen LogP contribution in [0.4, 0.5) is 10.5 Å². The van der Waals surface area contributed by atoms with Gasteiger partial charge in [0.25, 0.3) is 5.69 Å². The van der Waals surface area contributed by atoms with Crippen LogP contribution in [0.1, 0.15) is 32.1 Å². The third kappa shape index (κ3) is 4.00. The summed E-state index contributed by atoms with van der Waals surface area (Å²) in [6.07, 6.45) is -0.693. The molecule has 0 spiro atoms. The monoisotopic (exact) mass is 403 g/mol. The van der Waals surface area contributed by atoms with Crippen LogP contribution in [0, 0.1) is 10.1 Å². The Kier molecular flexibility index (Phi) is 5.43. The highest BCUT2D eigenvalue weighted by atomic mass is 16.6. The van der Waals surface area contributed by atoms with Crippen molar-refractivity contribution in [1.82, 2.24) is 14.7 Å². The molecule has 0 atom stereocenters. The Morgan fingerprint density at radius 2 is 1.90 bits per heavy atom. The van der Waals surface area contributed by atoms with Crippen molar-refractivity contribution < 1.29 is 33.9 Å². The van der Waals surface area contributed by atoms with E-state index in [9.17, 15) is 29.6 Å². The SMILES string of the molecule is COC(=O)c1c(C(=O)[O-])nn2c1CN(C(=O)OCc1ccc([N+](=O)[O-])cc1)CC2. The molecular weight excluding hydrogens is 388 g/mol. The second-order valence-corrected chi connectivity index (χ2v) is 6.07. The van der Waals surface area contributed by atoms with Crippen LogP contribution >= 0.6 is 0 Å². The molecule has 2 aromatic rings. The fraction of sp³-hybridized carbons (Fsp3) is 0.294. The standard InChI is InChI=1S/C17H16N4O8/c1-28-16(24)13-12-8-19(6-7-20(12)18-14(13)15(22)23)17(25)29-9-10-2-4-11(5-3-10)21(26)27/h2-5H,6-9H2,1H3,(H,22,23)/p-1. The highest BCUT2D eigenvalue weighted by molar-refractivity contribution is 6.01. The van der Waals surface area contributed by atoms with Crippen molar-refractivity contribution in [2.24, 2.45) is 0 Å². The maximum absolute atomic E-state index is 12.4. The lowest BCUT2D eigenvalue weighted by Crippen LogP contribution is -2.39. The maximum Gasteiger partial charge on any atom is 0.410 e. The lowest BCUT2D eigenvalue weighted by Gasteiger charge is -2.27. The van der Waals surface area contributed by atoms with Crippen molar-refractivity contribution in [3.63, 3.8) is 0 Å². The molecule has 2 heterocycles. The van der Waals surface area contributed by atoms with E-state index in [-0.39, 0.29) is 43.2 Å². The minimum atomic E-state index is -1.63. The van der Waals surface area contributed by atoms with Gasteiger partial charge in [-0.05, 0) is 17.7 Å². The Balaban J connectivity index is 1.71. The Bertz CT molecular complexity index is 982. The van der Waals surface area contributed by atoms with Gasteiger partial charge in [-0.25, -0.2) is 9.59 Å². The van der Waals surface area contributed by atoms with E-state index in [0.717, 1.165) is 7.11 Å². The summed E-state index contributed by atoms with van der Waals surface area (Å²) in [4.78, 5) is 47.0. The first-order valence-corrected chi connectivity index (χ1v) is 8.36. The first-order valence-electron chi connectivity index (χ1n) is 8.36. The van der Waals surface area contributed by atoms with Crippen LogP contribution in [-0.4, -0.2) is 51.3 Å². The number of carboxylic acids is 1. The van der Waals surface area contributed by atoms with Crippen molar-refractivity contribution in [1.29, 1.82) is 0 Å². The summed E-state index contributed by atoms with van der Waals surface area (Å²) < 4.78 is 11.1. The van der Waals surface area contributed by atoms with Crippen LogP contribution in [0.3, 0.4) is 0 Å². The third-order valence-corrected chi connectivity index (χ3v) is 4.33. The number of amides is 1. The number of carbonyl (C=O) groups is 3. The molecule has 152 valence electrons. The minimum absolute atomic E-state index is 0.0802. The first kappa shape index (κ1) is 19.8. The van der Waals surface area contributed by atoms with Gasteiger partial charge in [-0.15, -0.1) is 0 Å². The quantitative estimate of drug-likeness (QED) is 0.383. The molecule has 3 rings (SSSR count). The lowest BCUT2D eigenvalue weighted by molar-refractivity contribution is -0.384. The van der Waals surface area contributed by atoms with E-state index in [1.165, 1.54) is 33.8 Å². The van der Waals surface area contributed by atoms with Crippen LogP contribution in [0.15, 0.2) is 24.3 Å². The third-order valence-electron chi connectivity index (χ3n) is 4.33. The van der Waals surface area contributed by atoms with Crippen LogP contribution in [0.25, 0.3) is 0 Å². The number of rotatable bonds is 5. The number of methoxy groups -OCH3 is 1. The van der Waals surface area contributed by atoms with Crippen molar-refractivity contribution in [3.05, 3.63) is 56.9 Å². The topological polar surface area (TPSA) is 157 Å². The smallest absolute Gasteiger partial charge is 0.410 e. The number of aromatic nitrogens is 2. The van der Waals surface area contributed by atoms with E-state index in [0.29, 0.717) is 5.56 Å². The second kappa shape index (κ2) is 7.96. The normalized spacial score (nSPS) is 12.8. The van der Waals surface area contributed by atoms with Gasteiger partial charge in [0.1, 0.15) is 17.9 Å². The molecule has 1 aromatic carbocycles. The molecule has 29 heavy (non-hydrogen) atoms. The molecule has 0 aliphatic carbocycles. The van der Waals surface area contributed by atoms with Gasteiger partial charge in [-0.3, -0.25) is 14.8 Å². The molecule has 0 saturated carbocycles. The highest BCUT2D eigenvalue weighted by Crippen LogP contribution is 2.22. The van der Waals surface area contributed by atoms with Gasteiger partial charge >= 0.3 is 12.1 Å². The van der Waals surface area contributed by atoms with E-state index in [1.54, 1.807) is 0 Å². The molecule has 0 N–H and O–H groups in total. The second-order valence-electron chi connectivity index (χ2n) is 6.07. The number of carboxylic acid groups (broad SMARTS) is 1. The number of hydrogen-bond acceptors (Lipinski definition) is 9. The zero-order valence-electron chi connectivity index (χ0n) is 15.2. The van der Waals surface area contributed by atoms with Gasteiger partial charge in [0.2, 0.25) is 0 Å². The van der Waals surface area contributed by atoms with Gasteiger partial charge in [0, 0.05) is 18.7 Å². The summed E-state index contributed by atoms with van der Waals surface area (Å²) in [5, 5.41) is 25.8. The van der Waals surface area contributed by atoms with Gasteiger partial charge in [0.15, 0.2) is 0 Å². The number of hydrogen-bond donors (Lipinski definition) is 0. The fourth-order valence-electron chi connectivity index (χ4n) is 2.88. The number of nitro groups is 1. The average molecular weight is 403 g/mol. The highest BCUT2D eigenvalue weighted by Gasteiger charge is 2.31. The Labute approximate surface area is 163 Å². The van der Waals surface area contributed by atoms with Crippen LogP contribution in [0.2, 0.25) is 0 Å². The van der Waals surface area contributed by atoms with Crippen molar-refractivity contribution in [2.75, 3.05) is 13.7 Å². The molecule has 1 amide bonds. The summed E-state index contributed by atoms with van der Waals surface area (Å²) in [7, 11) is 1.10. The molecule has 12 heteroatoms. The summed E-state index contributed by atoms with van der Waals surface area (Å²) in [6.45, 7) is 0.116. The number of esters is 1. The first-order chi connectivity index (χ1) is 13.8. The largest absolute Gasteiger partial charge is 0.543 e. The number of carbonyl (C=O) groups excluding carboxylic acids is 3. The van der Waals surface area contributed by atoms with Crippen molar-refractivity contribution in [3.8, 4) is 0 Å². The Morgan fingerprint density at radius 3 is 2.48 bits per heavy atom. The van der Waals surface area contributed by atoms with Gasteiger partial charge in [0.05, 0.1) is 36.8 Å². The molecule has 0 fully saturated rings. The van der Waals surface area contributed by atoms with Crippen LogP contribution in [-0.2, 0) is 29.2 Å². The Hall–Kier alpha value is -3.96. The number of nitrogens with zero attached hydrogens (tertiary/aromatic N) is 4. The van der Waals surface area contributed by atoms with E-state index >= 15 is 0 Å². The summed E-state index contributed by atoms with van der Waals surface area (Å²) in [6, 6.07) is 5.54. The van der Waals surface area contributed by atoms with Crippen LogP contribution in [0.5, 0.6) is 0 Å². The van der Waals surface area contributed by atoms with Crippen molar-refractivity contribution in [2.45, 2.75) is 19.7 Å². The molecule has 1 aliphatic rings. The average Bonchev–Trinajstić information content (AvgIpc) is 3.10. The predicted octanol–water partition coefficient (Wildman–Crippen LogP) is 0.0938. The zero-order chi connectivity index (χ0) is 21.1. The molecule has 0 bridgehead atoms. The number of fused-ring (bicyclic) bond motifs is 1. The van der Waals surface area contributed by atoms with Gasteiger partial charge in [-0.1, -0.05) is 0 Å². The number of nitro benzene ring substituents is 1. The summed E-state index contributed by atoms with van der Waals surface area (Å²) in [5.74, 6) is -2.52. The van der Waals surface area contributed by atoms with E-state index in [2.05, 4.69) is 9.84 Å². The molecule has 1 aliphatic heterocycles. The number of benzene rings is 1. The number of non-ortho nitro benzene ring substituents is 1. The maximum atomic E-state index is 12.4. The van der Waals surface area contributed by atoms with E-state index in [4.69, 9.17) is 4.74 Å². The summed E-state index contributed by atoms with van der Waals surface area (Å²) in [5.41, 5.74) is -0.133. The Morgan fingerprint density at radius 1 is 1.21 bits per heavy atom. The molecule has 0 saturated heterocycles. The molecule has 1 aromatic heterocycles. The molecule has 0 unspecified atom stereocenters. The van der Waals surface area contributed by atoms with Crippen molar-refractivity contribution >= 4 is 23.7 Å². The van der Waals surface area contributed by atoms with E-state index < -0.39 is 28.6 Å². The van der Waals surface area contributed by atoms with E-state index in [1.807, 2.05) is 0 Å². The molecule has 0 radical (unpaired) electrons. The fourth-order valence-corrected chi connectivity index (χ4v) is 2.88. The lowest BCUT2D eigenvalue weighted by atomic mass is 10.1. The zero-order valence-corrected chi connectivity index (χ0v) is 15.2. The minimum Gasteiger partial charge on any atom is -0.543 e. The number of ether oxygens (including phenoxy) is 2. The van der Waals surface area contributed by atoms with Gasteiger partial charge < -0.3 is 24.3 Å².